The highest BCUT2D eigenvalue weighted by molar-refractivity contribution is 6.00. The van der Waals surface area contributed by atoms with E-state index in [0.717, 1.165) is 11.8 Å². The van der Waals surface area contributed by atoms with E-state index in [2.05, 4.69) is 9.89 Å². The molecular formula is C23H25F3N4O. The number of carbonyl (C=O) groups is 1. The molecule has 2 heterocycles. The molecule has 0 saturated carbocycles. The molecule has 0 bridgehead atoms. The lowest BCUT2D eigenvalue weighted by Crippen LogP contribution is -2.57. The van der Waals surface area contributed by atoms with E-state index in [1.807, 2.05) is 0 Å². The van der Waals surface area contributed by atoms with Crippen LogP contribution in [0.15, 0.2) is 47.5 Å². The number of hydrogen-bond donors (Lipinski definition) is 1. The molecule has 2 N–H and O–H groups in total. The molecule has 164 valence electrons. The van der Waals surface area contributed by atoms with E-state index >= 15 is 0 Å². The highest BCUT2D eigenvalue weighted by Gasteiger charge is 2.51. The Morgan fingerprint density at radius 2 is 1.65 bits per heavy atom. The molecule has 8 heteroatoms. The number of hydrogen-bond acceptors (Lipinski definition) is 4. The molecule has 5 nitrogen and oxygen atoms in total. The van der Waals surface area contributed by atoms with Crippen LogP contribution in [0.3, 0.4) is 0 Å². The minimum atomic E-state index is -1.24. The van der Waals surface area contributed by atoms with Crippen molar-refractivity contribution in [2.45, 2.75) is 25.3 Å². The zero-order valence-electron chi connectivity index (χ0n) is 17.5. The summed E-state index contributed by atoms with van der Waals surface area (Å²) in [5, 5.41) is 0. The maximum Gasteiger partial charge on any atom is 0.235 e. The molecular weight excluding hydrogens is 405 g/mol. The van der Waals surface area contributed by atoms with Gasteiger partial charge >= 0.3 is 0 Å². The van der Waals surface area contributed by atoms with E-state index in [4.69, 9.17) is 5.73 Å². The Morgan fingerprint density at radius 1 is 1.03 bits per heavy atom. The number of carbonyl (C=O) groups excluding carboxylic acids is 1. The largest absolute Gasteiger partial charge is 0.372 e. The van der Waals surface area contributed by atoms with E-state index in [1.54, 1.807) is 26.1 Å². The highest BCUT2D eigenvalue weighted by Crippen LogP contribution is 2.45. The van der Waals surface area contributed by atoms with Crippen molar-refractivity contribution in [3.63, 3.8) is 0 Å². The second kappa shape index (κ2) is 7.90. The first-order valence-corrected chi connectivity index (χ1v) is 10.3. The van der Waals surface area contributed by atoms with Crippen LogP contribution in [0.5, 0.6) is 0 Å². The number of guanidine groups is 1. The Balaban J connectivity index is 1.65. The number of nitrogens with two attached hydrogens (primary N) is 1. The van der Waals surface area contributed by atoms with Gasteiger partial charge < -0.3 is 10.6 Å². The summed E-state index contributed by atoms with van der Waals surface area (Å²) >= 11 is 0. The van der Waals surface area contributed by atoms with Gasteiger partial charge in [0.15, 0.2) is 5.96 Å². The minimum Gasteiger partial charge on any atom is -0.372 e. The summed E-state index contributed by atoms with van der Waals surface area (Å²) in [5.41, 5.74) is 5.82. The second-order valence-corrected chi connectivity index (χ2v) is 8.42. The average molecular weight is 430 g/mol. The normalized spacial score (nSPS) is 25.0. The zero-order chi connectivity index (χ0) is 22.3. The minimum absolute atomic E-state index is 0.0104. The molecule has 0 aliphatic carbocycles. The van der Waals surface area contributed by atoms with E-state index in [-0.39, 0.29) is 29.2 Å². The SMILES string of the molecule is CN1C(=O)C(C2CCN(c3ccc(F)cc3)CC2)C(C)(c2ccc(F)cc2F)N=C1N. The Morgan fingerprint density at radius 3 is 2.26 bits per heavy atom. The van der Waals surface area contributed by atoms with Crippen LogP contribution in [-0.4, -0.2) is 36.9 Å². The summed E-state index contributed by atoms with van der Waals surface area (Å²) in [6, 6.07) is 9.65. The van der Waals surface area contributed by atoms with Crippen molar-refractivity contribution in [1.29, 1.82) is 0 Å². The Labute approximate surface area is 179 Å². The van der Waals surface area contributed by atoms with Crippen LogP contribution in [0.4, 0.5) is 18.9 Å². The smallest absolute Gasteiger partial charge is 0.235 e. The van der Waals surface area contributed by atoms with Crippen molar-refractivity contribution in [1.82, 2.24) is 4.90 Å². The van der Waals surface area contributed by atoms with Crippen molar-refractivity contribution in [2.75, 3.05) is 25.0 Å². The fourth-order valence-corrected chi connectivity index (χ4v) is 4.88. The summed E-state index contributed by atoms with van der Waals surface area (Å²) in [6.45, 7) is 3.04. The molecule has 0 aromatic heterocycles. The van der Waals surface area contributed by atoms with Crippen molar-refractivity contribution >= 4 is 17.6 Å². The van der Waals surface area contributed by atoms with Gasteiger partial charge in [0.2, 0.25) is 5.91 Å². The Kier molecular flexibility index (Phi) is 5.41. The van der Waals surface area contributed by atoms with Crippen molar-refractivity contribution in [3.05, 3.63) is 65.5 Å². The molecule has 0 spiro atoms. The quantitative estimate of drug-likeness (QED) is 0.809. The third-order valence-electron chi connectivity index (χ3n) is 6.57. The van der Waals surface area contributed by atoms with Crippen LogP contribution in [0.1, 0.15) is 25.3 Å². The Bertz CT molecular complexity index is 1020. The number of aliphatic imine (C=N–C) groups is 1. The number of nitrogens with zero attached hydrogens (tertiary/aromatic N) is 3. The van der Waals surface area contributed by atoms with Gasteiger partial charge in [0, 0.05) is 37.5 Å². The van der Waals surface area contributed by atoms with Gasteiger partial charge in [0.1, 0.15) is 23.0 Å². The lowest BCUT2D eigenvalue weighted by Gasteiger charge is -2.46. The lowest BCUT2D eigenvalue weighted by molar-refractivity contribution is -0.137. The number of benzene rings is 2. The van der Waals surface area contributed by atoms with Gasteiger partial charge in [-0.25, -0.2) is 18.2 Å². The van der Waals surface area contributed by atoms with Gasteiger partial charge in [0.25, 0.3) is 0 Å². The molecule has 1 amide bonds. The summed E-state index contributed by atoms with van der Waals surface area (Å²) in [4.78, 5) is 21.3. The van der Waals surface area contributed by atoms with Gasteiger partial charge in [-0.3, -0.25) is 9.69 Å². The van der Waals surface area contributed by atoms with Gasteiger partial charge in [-0.1, -0.05) is 6.07 Å². The van der Waals surface area contributed by atoms with Crippen LogP contribution < -0.4 is 10.6 Å². The monoisotopic (exact) mass is 430 g/mol. The maximum atomic E-state index is 14.8. The van der Waals surface area contributed by atoms with E-state index in [0.29, 0.717) is 25.9 Å². The summed E-state index contributed by atoms with van der Waals surface area (Å²) in [6.07, 6.45) is 1.35. The molecule has 31 heavy (non-hydrogen) atoms. The highest BCUT2D eigenvalue weighted by atomic mass is 19.1. The second-order valence-electron chi connectivity index (χ2n) is 8.42. The molecule has 0 radical (unpaired) electrons. The standard InChI is InChI=1S/C23H25F3N4O/c1-23(18-8-5-16(25)13-19(18)26)20(21(31)29(2)22(27)28-23)14-9-11-30(12-10-14)17-6-3-15(24)4-7-17/h3-8,13-14,20H,9-12H2,1-2H3,(H2,27,28). The molecule has 4 rings (SSSR count). The number of halogens is 3. The molecule has 2 aromatic rings. The molecule has 2 aliphatic heterocycles. The van der Waals surface area contributed by atoms with Gasteiger partial charge in [-0.2, -0.15) is 0 Å². The van der Waals surface area contributed by atoms with E-state index < -0.39 is 23.1 Å². The first kappa shape index (κ1) is 21.2. The van der Waals surface area contributed by atoms with Crippen LogP contribution in [-0.2, 0) is 10.3 Å². The molecule has 1 fully saturated rings. The summed E-state index contributed by atoms with van der Waals surface area (Å²) in [5.74, 6) is -2.65. The number of amides is 1. The van der Waals surface area contributed by atoms with Crippen LogP contribution >= 0.6 is 0 Å². The van der Waals surface area contributed by atoms with Gasteiger partial charge in [-0.05, 0) is 56.0 Å². The number of piperidine rings is 1. The third kappa shape index (κ3) is 3.75. The first-order valence-electron chi connectivity index (χ1n) is 10.3. The molecule has 2 unspecified atom stereocenters. The predicted octanol–water partition coefficient (Wildman–Crippen LogP) is 3.64. The predicted molar refractivity (Wildman–Crippen MR) is 113 cm³/mol. The lowest BCUT2D eigenvalue weighted by atomic mass is 9.68. The van der Waals surface area contributed by atoms with E-state index in [9.17, 15) is 18.0 Å². The fourth-order valence-electron chi connectivity index (χ4n) is 4.88. The summed E-state index contributed by atoms with van der Waals surface area (Å²) in [7, 11) is 1.56. The van der Waals surface area contributed by atoms with Gasteiger partial charge in [0.05, 0.1) is 5.92 Å². The topological polar surface area (TPSA) is 61.9 Å². The van der Waals surface area contributed by atoms with Crippen molar-refractivity contribution in [2.24, 2.45) is 22.6 Å². The van der Waals surface area contributed by atoms with Crippen LogP contribution in [0, 0.1) is 29.3 Å². The number of rotatable bonds is 3. The third-order valence-corrected chi connectivity index (χ3v) is 6.57. The first-order chi connectivity index (χ1) is 14.7. The fraction of sp³-hybridized carbons (Fsp3) is 0.391. The van der Waals surface area contributed by atoms with Crippen LogP contribution in [0.25, 0.3) is 0 Å². The molecule has 2 aliphatic rings. The molecule has 1 saturated heterocycles. The zero-order valence-corrected chi connectivity index (χ0v) is 17.5. The molecule has 2 atom stereocenters. The van der Waals surface area contributed by atoms with E-state index in [1.165, 1.54) is 29.2 Å². The van der Waals surface area contributed by atoms with Crippen molar-refractivity contribution in [3.8, 4) is 0 Å². The van der Waals surface area contributed by atoms with Gasteiger partial charge in [-0.15, -0.1) is 0 Å². The average Bonchev–Trinajstić information content (AvgIpc) is 2.73. The van der Waals surface area contributed by atoms with Crippen LogP contribution in [0.2, 0.25) is 0 Å². The number of anilines is 1. The Hall–Kier alpha value is -3.03. The molecule has 2 aromatic carbocycles. The maximum absolute atomic E-state index is 14.8. The summed E-state index contributed by atoms with van der Waals surface area (Å²) < 4.78 is 41.5. The van der Waals surface area contributed by atoms with Crippen molar-refractivity contribution < 1.29 is 18.0 Å².